The number of ether oxygens (including phenoxy) is 1. The lowest BCUT2D eigenvalue weighted by molar-refractivity contribution is -0.137. The number of aliphatic imine (C=N–C) groups is 1. The normalized spacial score (nSPS) is 21.2. The second-order valence-electron chi connectivity index (χ2n) is 2.34. The van der Waals surface area contributed by atoms with Crippen LogP contribution in [-0.4, -0.2) is 28.6 Å². The van der Waals surface area contributed by atoms with Crippen LogP contribution in [0.25, 0.3) is 0 Å². The van der Waals surface area contributed by atoms with E-state index in [9.17, 15) is 9.59 Å². The van der Waals surface area contributed by atoms with Gasteiger partial charge in [-0.05, 0) is 13.0 Å². The van der Waals surface area contributed by atoms with E-state index in [4.69, 9.17) is 4.74 Å². The largest absolute Gasteiger partial charge is 0.462 e. The number of nitrogens with zero attached hydrogens (tertiary/aromatic N) is 1. The summed E-state index contributed by atoms with van der Waals surface area (Å²) in [5.74, 6) is -0.672. The van der Waals surface area contributed by atoms with E-state index in [1.807, 2.05) is 22.6 Å². The summed E-state index contributed by atoms with van der Waals surface area (Å²) >= 11 is 1.91. The van der Waals surface area contributed by atoms with Crippen LogP contribution in [0.15, 0.2) is 16.6 Å². The van der Waals surface area contributed by atoms with E-state index in [1.54, 1.807) is 13.0 Å². The maximum atomic E-state index is 11.2. The highest BCUT2D eigenvalue weighted by molar-refractivity contribution is 14.1. The van der Waals surface area contributed by atoms with E-state index >= 15 is 0 Å². The van der Waals surface area contributed by atoms with Gasteiger partial charge in [-0.2, -0.15) is 0 Å². The minimum Gasteiger partial charge on any atom is -0.462 e. The topological polar surface area (TPSA) is 55.7 Å². The number of alkyl halides is 1. The van der Waals surface area contributed by atoms with Gasteiger partial charge in [-0.1, -0.05) is 22.6 Å². The molecular formula is C8H8INO3. The van der Waals surface area contributed by atoms with Crippen molar-refractivity contribution in [2.45, 2.75) is 10.8 Å². The number of esters is 1. The van der Waals surface area contributed by atoms with Gasteiger partial charge in [-0.15, -0.1) is 0 Å². The summed E-state index contributed by atoms with van der Waals surface area (Å²) in [5, 5.41) is 0. The monoisotopic (exact) mass is 293 g/mol. The fourth-order valence-electron chi connectivity index (χ4n) is 0.812. The van der Waals surface area contributed by atoms with E-state index < -0.39 is 5.97 Å². The minimum atomic E-state index is -0.430. The van der Waals surface area contributed by atoms with Gasteiger partial charge < -0.3 is 4.74 Å². The maximum Gasteiger partial charge on any atom is 0.339 e. The lowest BCUT2D eigenvalue weighted by atomic mass is 10.2. The number of halogens is 1. The number of hydrogen-bond acceptors (Lipinski definition) is 3. The fourth-order valence-corrected chi connectivity index (χ4v) is 1.36. The summed E-state index contributed by atoms with van der Waals surface area (Å²) < 4.78 is 4.39. The third kappa shape index (κ3) is 2.61. The Morgan fingerprint density at radius 2 is 2.46 bits per heavy atom. The van der Waals surface area contributed by atoms with E-state index in [0.717, 1.165) is 0 Å². The van der Waals surface area contributed by atoms with Crippen LogP contribution in [0.4, 0.5) is 0 Å². The van der Waals surface area contributed by atoms with Crippen LogP contribution in [0.5, 0.6) is 0 Å². The van der Waals surface area contributed by atoms with Crippen LogP contribution in [0.2, 0.25) is 0 Å². The highest BCUT2D eigenvalue weighted by Gasteiger charge is 2.19. The van der Waals surface area contributed by atoms with E-state index in [0.29, 0.717) is 12.2 Å². The van der Waals surface area contributed by atoms with Crippen LogP contribution < -0.4 is 0 Å². The SMILES string of the molecule is CCOC(=O)C1=CC(I)C(=O)N=C1. The molecule has 0 spiro atoms. The van der Waals surface area contributed by atoms with Gasteiger partial charge in [0.1, 0.15) is 3.92 Å². The zero-order valence-corrected chi connectivity index (χ0v) is 9.15. The van der Waals surface area contributed by atoms with Crippen LogP contribution in [0.3, 0.4) is 0 Å². The Kier molecular flexibility index (Phi) is 3.58. The first kappa shape index (κ1) is 10.4. The molecule has 0 saturated heterocycles. The summed E-state index contributed by atoms with van der Waals surface area (Å²) in [6.45, 7) is 2.05. The Bertz CT molecular complexity index is 296. The van der Waals surface area contributed by atoms with Gasteiger partial charge in [-0.25, -0.2) is 9.79 Å². The second-order valence-corrected chi connectivity index (χ2v) is 3.68. The van der Waals surface area contributed by atoms with Crippen molar-refractivity contribution < 1.29 is 14.3 Å². The Morgan fingerprint density at radius 3 is 3.00 bits per heavy atom. The molecular weight excluding hydrogens is 285 g/mol. The second kappa shape index (κ2) is 4.50. The van der Waals surface area contributed by atoms with Crippen molar-refractivity contribution in [1.82, 2.24) is 0 Å². The average molecular weight is 293 g/mol. The molecule has 0 N–H and O–H groups in total. The van der Waals surface area contributed by atoms with Gasteiger partial charge in [0.2, 0.25) is 0 Å². The van der Waals surface area contributed by atoms with Crippen molar-refractivity contribution >= 4 is 40.7 Å². The third-order valence-corrected chi connectivity index (χ3v) is 2.30. The van der Waals surface area contributed by atoms with Gasteiger partial charge in [0, 0.05) is 6.21 Å². The van der Waals surface area contributed by atoms with Crippen molar-refractivity contribution in [3.05, 3.63) is 11.6 Å². The van der Waals surface area contributed by atoms with Crippen LogP contribution in [0, 0.1) is 0 Å². The highest BCUT2D eigenvalue weighted by Crippen LogP contribution is 2.12. The van der Waals surface area contributed by atoms with Crippen molar-refractivity contribution in [2.75, 3.05) is 6.61 Å². The molecule has 0 aliphatic carbocycles. The molecule has 0 fully saturated rings. The number of carbonyl (C=O) groups excluding carboxylic acids is 2. The average Bonchev–Trinajstić information content (AvgIpc) is 2.10. The van der Waals surface area contributed by atoms with Gasteiger partial charge in [-0.3, -0.25) is 4.79 Å². The standard InChI is InChI=1S/C8H8INO3/c1-2-13-8(12)5-3-6(9)7(11)10-4-5/h3-4,6H,2H2,1H3. The van der Waals surface area contributed by atoms with E-state index in [2.05, 4.69) is 4.99 Å². The van der Waals surface area contributed by atoms with Crippen molar-refractivity contribution in [3.8, 4) is 0 Å². The predicted octanol–water partition coefficient (Wildman–Crippen LogP) is 0.891. The molecule has 0 saturated carbocycles. The zero-order chi connectivity index (χ0) is 9.84. The smallest absolute Gasteiger partial charge is 0.339 e. The third-order valence-electron chi connectivity index (χ3n) is 1.40. The molecule has 1 unspecified atom stereocenters. The lowest BCUT2D eigenvalue weighted by Gasteiger charge is -2.08. The quantitative estimate of drug-likeness (QED) is 0.431. The van der Waals surface area contributed by atoms with Crippen LogP contribution in [0.1, 0.15) is 6.92 Å². The number of dihydropyridines is 1. The van der Waals surface area contributed by atoms with Gasteiger partial charge in [0.15, 0.2) is 0 Å². The zero-order valence-electron chi connectivity index (χ0n) is 6.99. The summed E-state index contributed by atoms with van der Waals surface area (Å²) in [7, 11) is 0. The maximum absolute atomic E-state index is 11.2. The molecule has 1 rings (SSSR count). The number of hydrogen-bond donors (Lipinski definition) is 0. The van der Waals surface area contributed by atoms with Crippen LogP contribution >= 0.6 is 22.6 Å². The predicted molar refractivity (Wildman–Crippen MR) is 56.0 cm³/mol. The summed E-state index contributed by atoms with van der Waals surface area (Å²) in [4.78, 5) is 25.6. The molecule has 5 heteroatoms. The Morgan fingerprint density at radius 1 is 1.77 bits per heavy atom. The van der Waals surface area contributed by atoms with Gasteiger partial charge >= 0.3 is 5.97 Å². The molecule has 1 atom stereocenters. The molecule has 0 radical (unpaired) electrons. The summed E-state index contributed by atoms with van der Waals surface area (Å²) in [6.07, 6.45) is 2.80. The molecule has 70 valence electrons. The first-order chi connectivity index (χ1) is 6.15. The Hall–Kier alpha value is -0.720. The molecule has 0 aromatic carbocycles. The van der Waals surface area contributed by atoms with Gasteiger partial charge in [0.25, 0.3) is 5.91 Å². The van der Waals surface area contributed by atoms with Crippen molar-refractivity contribution in [2.24, 2.45) is 4.99 Å². The molecule has 13 heavy (non-hydrogen) atoms. The molecule has 1 heterocycles. The van der Waals surface area contributed by atoms with Crippen molar-refractivity contribution in [1.29, 1.82) is 0 Å². The Balaban J connectivity index is 2.73. The molecule has 1 aliphatic heterocycles. The summed E-state index contributed by atoms with van der Waals surface area (Å²) in [5.41, 5.74) is 0.348. The first-order valence-corrected chi connectivity index (χ1v) is 5.00. The minimum absolute atomic E-state index is 0.242. The van der Waals surface area contributed by atoms with E-state index in [-0.39, 0.29) is 9.83 Å². The fraction of sp³-hybridized carbons (Fsp3) is 0.375. The molecule has 1 aliphatic rings. The molecule has 0 bridgehead atoms. The molecule has 0 aromatic heterocycles. The Labute approximate surface area is 89.2 Å². The number of amides is 1. The summed E-state index contributed by atoms with van der Waals surface area (Å²) in [6, 6.07) is 0. The lowest BCUT2D eigenvalue weighted by Crippen LogP contribution is -2.19. The number of carbonyl (C=O) groups is 2. The van der Waals surface area contributed by atoms with Crippen LogP contribution in [-0.2, 0) is 14.3 Å². The molecule has 0 aromatic rings. The number of rotatable bonds is 2. The van der Waals surface area contributed by atoms with Crippen molar-refractivity contribution in [3.63, 3.8) is 0 Å². The van der Waals surface area contributed by atoms with Gasteiger partial charge in [0.05, 0.1) is 12.2 Å². The molecule has 4 nitrogen and oxygen atoms in total. The van der Waals surface area contributed by atoms with E-state index in [1.165, 1.54) is 6.21 Å². The first-order valence-electron chi connectivity index (χ1n) is 3.76. The molecule has 1 amide bonds. The highest BCUT2D eigenvalue weighted by atomic mass is 127.